The van der Waals surface area contributed by atoms with Crippen LogP contribution < -0.4 is 11.1 Å². The number of carbonyl (C=O) groups is 2. The molecule has 0 bridgehead atoms. The molecule has 1 aromatic carbocycles. The Hall–Kier alpha value is -1.56. The quantitative estimate of drug-likeness (QED) is 0.807. The number of anilines is 1. The lowest BCUT2D eigenvalue weighted by atomic mass is 10.2. The highest BCUT2D eigenvalue weighted by Gasteiger charge is 2.27. The summed E-state index contributed by atoms with van der Waals surface area (Å²) >= 11 is 3.33. The summed E-state index contributed by atoms with van der Waals surface area (Å²) in [6.45, 7) is 2.68. The van der Waals surface area contributed by atoms with E-state index in [1.54, 1.807) is 23.1 Å². The molecule has 1 atom stereocenters. The number of hydrogen-bond donors (Lipinski definition) is 2. The summed E-state index contributed by atoms with van der Waals surface area (Å²) in [7, 11) is 0. The second-order valence-electron chi connectivity index (χ2n) is 4.71. The Labute approximate surface area is 120 Å². The number of nitrogens with zero attached hydrogens (tertiary/aromatic N) is 1. The normalized spacial score (nSPS) is 18.4. The molecule has 1 aromatic rings. The molecule has 1 fully saturated rings. The van der Waals surface area contributed by atoms with E-state index in [1.807, 2.05) is 0 Å². The number of amides is 2. The maximum atomic E-state index is 12.3. The fourth-order valence-electron chi connectivity index (χ4n) is 2.27. The Morgan fingerprint density at radius 2 is 2.16 bits per heavy atom. The predicted octanol–water partition coefficient (Wildman–Crippen LogP) is 1.38. The smallest absolute Gasteiger partial charge is 0.254 e. The molecule has 0 aliphatic carbocycles. The van der Waals surface area contributed by atoms with Gasteiger partial charge in [-0.05, 0) is 24.6 Å². The van der Waals surface area contributed by atoms with Crippen LogP contribution in [0.2, 0.25) is 0 Å². The van der Waals surface area contributed by atoms with Crippen LogP contribution in [0.3, 0.4) is 0 Å². The Morgan fingerprint density at radius 1 is 1.42 bits per heavy atom. The van der Waals surface area contributed by atoms with Crippen molar-refractivity contribution in [2.75, 3.05) is 18.8 Å². The first-order chi connectivity index (χ1) is 8.95. The van der Waals surface area contributed by atoms with Gasteiger partial charge in [-0.25, -0.2) is 0 Å². The molecule has 19 heavy (non-hydrogen) atoms. The molecule has 3 N–H and O–H groups in total. The number of nitrogens with one attached hydrogen (secondary N) is 1. The molecule has 0 spiro atoms. The number of hydrogen-bond acceptors (Lipinski definition) is 3. The highest BCUT2D eigenvalue weighted by molar-refractivity contribution is 9.10. The second kappa shape index (κ2) is 5.61. The lowest BCUT2D eigenvalue weighted by molar-refractivity contribution is -0.119. The van der Waals surface area contributed by atoms with Crippen LogP contribution in [0.1, 0.15) is 23.7 Å². The van der Waals surface area contributed by atoms with Crippen LogP contribution in [0.25, 0.3) is 0 Å². The van der Waals surface area contributed by atoms with Gasteiger partial charge >= 0.3 is 0 Å². The minimum Gasteiger partial charge on any atom is -0.399 e. The number of carbonyl (C=O) groups excluding carboxylic acids is 2. The zero-order valence-electron chi connectivity index (χ0n) is 10.6. The first-order valence-electron chi connectivity index (χ1n) is 6.08. The number of nitrogen functional groups attached to an aromatic ring is 1. The first-order valence-corrected chi connectivity index (χ1v) is 6.87. The number of halogens is 1. The van der Waals surface area contributed by atoms with Crippen LogP contribution in [0.4, 0.5) is 5.69 Å². The van der Waals surface area contributed by atoms with E-state index < -0.39 is 0 Å². The predicted molar refractivity (Wildman–Crippen MR) is 76.7 cm³/mol. The SMILES string of the molecule is CC(=O)NC1CCN(C(=O)c2cc(N)cc(Br)c2)C1. The third-order valence-electron chi connectivity index (χ3n) is 3.05. The summed E-state index contributed by atoms with van der Waals surface area (Å²) in [5, 5.41) is 2.83. The van der Waals surface area contributed by atoms with E-state index >= 15 is 0 Å². The van der Waals surface area contributed by atoms with Crippen molar-refractivity contribution in [1.29, 1.82) is 0 Å². The molecule has 2 rings (SSSR count). The van der Waals surface area contributed by atoms with Gasteiger partial charge in [0.2, 0.25) is 5.91 Å². The molecule has 1 aliphatic heterocycles. The number of benzene rings is 1. The van der Waals surface area contributed by atoms with Gasteiger partial charge in [0.15, 0.2) is 0 Å². The van der Waals surface area contributed by atoms with Crippen molar-refractivity contribution >= 4 is 33.4 Å². The molecule has 5 nitrogen and oxygen atoms in total. The summed E-state index contributed by atoms with van der Waals surface area (Å²) < 4.78 is 0.786. The lowest BCUT2D eigenvalue weighted by Gasteiger charge is -2.17. The molecule has 2 amide bonds. The van der Waals surface area contributed by atoms with Gasteiger partial charge in [0.05, 0.1) is 0 Å². The van der Waals surface area contributed by atoms with Crippen LogP contribution in [-0.2, 0) is 4.79 Å². The van der Waals surface area contributed by atoms with Gasteiger partial charge in [-0.1, -0.05) is 15.9 Å². The van der Waals surface area contributed by atoms with Crippen LogP contribution in [0, 0.1) is 0 Å². The van der Waals surface area contributed by atoms with E-state index in [4.69, 9.17) is 5.73 Å². The van der Waals surface area contributed by atoms with E-state index in [1.165, 1.54) is 6.92 Å². The Balaban J connectivity index is 2.06. The summed E-state index contributed by atoms with van der Waals surface area (Å²) in [4.78, 5) is 25.1. The summed E-state index contributed by atoms with van der Waals surface area (Å²) in [6, 6.07) is 5.22. The molecule has 0 radical (unpaired) electrons. The summed E-state index contributed by atoms with van der Waals surface area (Å²) in [5.41, 5.74) is 6.85. The van der Waals surface area contributed by atoms with Gasteiger partial charge in [-0.3, -0.25) is 9.59 Å². The van der Waals surface area contributed by atoms with E-state index in [2.05, 4.69) is 21.2 Å². The van der Waals surface area contributed by atoms with Crippen molar-refractivity contribution < 1.29 is 9.59 Å². The monoisotopic (exact) mass is 325 g/mol. The first kappa shape index (κ1) is 13.9. The molecule has 1 heterocycles. The number of rotatable bonds is 2. The molecule has 1 unspecified atom stereocenters. The van der Waals surface area contributed by atoms with Crippen LogP contribution in [-0.4, -0.2) is 35.8 Å². The largest absolute Gasteiger partial charge is 0.399 e. The fraction of sp³-hybridized carbons (Fsp3) is 0.385. The molecule has 0 aromatic heterocycles. The summed E-state index contributed by atoms with van der Waals surface area (Å²) in [5.74, 6) is -0.119. The number of likely N-dealkylation sites (tertiary alicyclic amines) is 1. The standard InChI is InChI=1S/C13H16BrN3O2/c1-8(18)16-12-2-3-17(7-12)13(19)9-4-10(14)6-11(15)5-9/h4-6,12H,2-3,7,15H2,1H3,(H,16,18). The molecular formula is C13H16BrN3O2. The van der Waals surface area contributed by atoms with Gasteiger partial charge in [0.1, 0.15) is 0 Å². The van der Waals surface area contributed by atoms with Crippen molar-refractivity contribution in [3.8, 4) is 0 Å². The minimum atomic E-state index is -0.0639. The maximum Gasteiger partial charge on any atom is 0.254 e. The summed E-state index contributed by atoms with van der Waals surface area (Å²) in [6.07, 6.45) is 0.787. The average molecular weight is 326 g/mol. The van der Waals surface area contributed by atoms with Crippen LogP contribution >= 0.6 is 15.9 Å². The Kier molecular flexibility index (Phi) is 4.09. The molecule has 102 valence electrons. The van der Waals surface area contributed by atoms with Gasteiger partial charge in [0.25, 0.3) is 5.91 Å². The Morgan fingerprint density at radius 3 is 2.79 bits per heavy atom. The third kappa shape index (κ3) is 3.47. The van der Waals surface area contributed by atoms with E-state index in [0.717, 1.165) is 10.9 Å². The highest BCUT2D eigenvalue weighted by Crippen LogP contribution is 2.20. The lowest BCUT2D eigenvalue weighted by Crippen LogP contribution is -2.37. The van der Waals surface area contributed by atoms with Gasteiger partial charge in [0, 0.05) is 41.8 Å². The van der Waals surface area contributed by atoms with Crippen molar-refractivity contribution in [3.05, 3.63) is 28.2 Å². The topological polar surface area (TPSA) is 75.4 Å². The molecule has 0 saturated carbocycles. The van der Waals surface area contributed by atoms with Crippen molar-refractivity contribution in [2.45, 2.75) is 19.4 Å². The number of nitrogens with two attached hydrogens (primary N) is 1. The maximum absolute atomic E-state index is 12.3. The van der Waals surface area contributed by atoms with Gasteiger partial charge < -0.3 is 16.0 Å². The molecular weight excluding hydrogens is 310 g/mol. The molecule has 6 heteroatoms. The molecule has 1 aliphatic rings. The van der Waals surface area contributed by atoms with E-state index in [-0.39, 0.29) is 17.9 Å². The van der Waals surface area contributed by atoms with Crippen LogP contribution in [0.5, 0.6) is 0 Å². The van der Waals surface area contributed by atoms with Crippen molar-refractivity contribution in [2.24, 2.45) is 0 Å². The van der Waals surface area contributed by atoms with Crippen molar-refractivity contribution in [1.82, 2.24) is 10.2 Å². The fourth-order valence-corrected chi connectivity index (χ4v) is 2.78. The average Bonchev–Trinajstić information content (AvgIpc) is 2.74. The zero-order chi connectivity index (χ0) is 14.0. The Bertz CT molecular complexity index is 498. The molecule has 1 saturated heterocycles. The van der Waals surface area contributed by atoms with Gasteiger partial charge in [-0.15, -0.1) is 0 Å². The van der Waals surface area contributed by atoms with E-state index in [9.17, 15) is 9.59 Å². The zero-order valence-corrected chi connectivity index (χ0v) is 12.2. The minimum absolute atomic E-state index is 0.0472. The highest BCUT2D eigenvalue weighted by atomic mass is 79.9. The van der Waals surface area contributed by atoms with Crippen LogP contribution in [0.15, 0.2) is 22.7 Å². The van der Waals surface area contributed by atoms with Gasteiger partial charge in [-0.2, -0.15) is 0 Å². The van der Waals surface area contributed by atoms with E-state index in [0.29, 0.717) is 24.3 Å². The third-order valence-corrected chi connectivity index (χ3v) is 3.51. The second-order valence-corrected chi connectivity index (χ2v) is 5.63. The van der Waals surface area contributed by atoms with Crippen molar-refractivity contribution in [3.63, 3.8) is 0 Å².